The summed E-state index contributed by atoms with van der Waals surface area (Å²) in [5.74, 6) is -1.77. The Kier molecular flexibility index (Phi) is 4.64. The third-order valence-corrected chi connectivity index (χ3v) is 5.22. The average Bonchev–Trinajstić information content (AvgIpc) is 2.69. The van der Waals surface area contributed by atoms with E-state index in [0.29, 0.717) is 13.0 Å². The summed E-state index contributed by atoms with van der Waals surface area (Å²) in [4.78, 5) is 39.5. The summed E-state index contributed by atoms with van der Waals surface area (Å²) < 4.78 is 7.12. The molecule has 1 aromatic heterocycles. The Morgan fingerprint density at radius 2 is 2.04 bits per heavy atom. The molecule has 1 saturated heterocycles. The molecule has 0 radical (unpaired) electrons. The van der Waals surface area contributed by atoms with E-state index in [0.717, 1.165) is 5.56 Å². The number of nitrogens with zero attached hydrogens (tertiary/aromatic N) is 2. The number of hydrogen-bond donors (Lipinski definition) is 2. The Labute approximate surface area is 161 Å². The minimum absolute atomic E-state index is 0.0525. The lowest BCUT2D eigenvalue weighted by Gasteiger charge is -2.44. The van der Waals surface area contributed by atoms with Crippen LogP contribution in [0, 0.1) is 0 Å². The Morgan fingerprint density at radius 3 is 2.79 bits per heavy atom. The molecule has 2 aliphatic heterocycles. The first kappa shape index (κ1) is 18.2. The van der Waals surface area contributed by atoms with Gasteiger partial charge in [0.05, 0.1) is 13.2 Å². The number of amides is 2. The van der Waals surface area contributed by atoms with Crippen LogP contribution in [-0.2, 0) is 17.8 Å². The van der Waals surface area contributed by atoms with E-state index in [1.807, 2.05) is 37.3 Å². The van der Waals surface area contributed by atoms with Crippen LogP contribution in [0.25, 0.3) is 0 Å². The molecular weight excluding hydrogens is 362 g/mol. The third kappa shape index (κ3) is 3.05. The molecule has 1 aromatic carbocycles. The number of fused-ring (bicyclic) bond motifs is 2. The number of carbonyl (C=O) groups is 2. The molecule has 4 rings (SSSR count). The molecule has 0 unspecified atom stereocenters. The zero-order chi connectivity index (χ0) is 19.8. The number of nitrogens with one attached hydrogen (secondary N) is 1. The zero-order valence-corrected chi connectivity index (χ0v) is 15.4. The number of rotatable bonds is 3. The number of carbonyl (C=O) groups excluding carboxylic acids is 2. The van der Waals surface area contributed by atoms with Crippen molar-refractivity contribution in [3.63, 3.8) is 0 Å². The van der Waals surface area contributed by atoms with Gasteiger partial charge in [0.1, 0.15) is 5.56 Å². The van der Waals surface area contributed by atoms with Crippen LogP contribution in [0.2, 0.25) is 0 Å². The predicted octanol–water partition coefficient (Wildman–Crippen LogP) is 1.07. The summed E-state index contributed by atoms with van der Waals surface area (Å²) >= 11 is 0. The van der Waals surface area contributed by atoms with Crippen LogP contribution in [-0.4, -0.2) is 45.3 Å². The van der Waals surface area contributed by atoms with Crippen molar-refractivity contribution in [2.24, 2.45) is 0 Å². The van der Waals surface area contributed by atoms with Crippen LogP contribution < -0.4 is 10.7 Å². The largest absolute Gasteiger partial charge is 0.503 e. The summed E-state index contributed by atoms with van der Waals surface area (Å²) in [6.45, 7) is 2.93. The highest BCUT2D eigenvalue weighted by atomic mass is 16.5. The van der Waals surface area contributed by atoms with Crippen LogP contribution in [0.1, 0.15) is 39.8 Å². The summed E-state index contributed by atoms with van der Waals surface area (Å²) in [5, 5.41) is 13.1. The maximum atomic E-state index is 12.9. The Morgan fingerprint density at radius 1 is 1.29 bits per heavy atom. The van der Waals surface area contributed by atoms with Crippen molar-refractivity contribution in [2.75, 3.05) is 6.61 Å². The third-order valence-electron chi connectivity index (χ3n) is 5.22. The normalized spacial score (nSPS) is 21.0. The molecule has 8 nitrogen and oxygen atoms in total. The fourth-order valence-electron chi connectivity index (χ4n) is 3.69. The molecule has 2 aromatic rings. The lowest BCUT2D eigenvalue weighted by molar-refractivity contribution is -0.112. The van der Waals surface area contributed by atoms with Crippen molar-refractivity contribution >= 4 is 11.8 Å². The molecule has 1 fully saturated rings. The Hall–Kier alpha value is -3.13. The quantitative estimate of drug-likeness (QED) is 0.826. The molecular formula is C20H21N3O5. The van der Waals surface area contributed by atoms with Gasteiger partial charge in [-0.25, -0.2) is 0 Å². The summed E-state index contributed by atoms with van der Waals surface area (Å²) in [7, 11) is 0. The lowest BCUT2D eigenvalue weighted by atomic mass is 10.1. The monoisotopic (exact) mass is 383 g/mol. The molecule has 0 saturated carbocycles. The molecule has 2 aliphatic rings. The minimum atomic E-state index is -0.853. The molecule has 8 heteroatoms. The number of pyridine rings is 1. The van der Waals surface area contributed by atoms with Crippen molar-refractivity contribution in [3.8, 4) is 5.75 Å². The predicted molar refractivity (Wildman–Crippen MR) is 100.0 cm³/mol. The molecule has 3 heterocycles. The van der Waals surface area contributed by atoms with Gasteiger partial charge in [-0.1, -0.05) is 30.3 Å². The summed E-state index contributed by atoms with van der Waals surface area (Å²) in [6.07, 6.45) is 1.54. The van der Waals surface area contributed by atoms with Gasteiger partial charge in [0.2, 0.25) is 5.43 Å². The number of ether oxygens (including phenoxy) is 1. The second-order valence-corrected chi connectivity index (χ2v) is 7.07. The Balaban J connectivity index is 1.65. The van der Waals surface area contributed by atoms with E-state index >= 15 is 0 Å². The maximum Gasteiger partial charge on any atom is 0.276 e. The molecule has 0 aliphatic carbocycles. The van der Waals surface area contributed by atoms with E-state index in [1.165, 1.54) is 10.8 Å². The zero-order valence-electron chi connectivity index (χ0n) is 15.4. The first-order valence-electron chi connectivity index (χ1n) is 9.20. The number of aromatic nitrogens is 1. The molecule has 0 spiro atoms. The van der Waals surface area contributed by atoms with Gasteiger partial charge in [-0.3, -0.25) is 14.4 Å². The average molecular weight is 383 g/mol. The molecule has 28 heavy (non-hydrogen) atoms. The van der Waals surface area contributed by atoms with Gasteiger partial charge in [0.15, 0.2) is 17.7 Å². The van der Waals surface area contributed by atoms with Crippen LogP contribution in [0.5, 0.6) is 5.75 Å². The highest BCUT2D eigenvalue weighted by Gasteiger charge is 2.40. The second kappa shape index (κ2) is 7.12. The van der Waals surface area contributed by atoms with Crippen molar-refractivity contribution in [1.29, 1.82) is 0 Å². The standard InChI is InChI=1S/C20H21N3O5/c1-12-7-8-28-15-11-22-10-14(17(24)18(25)16(22)20(27)23(12)15)19(26)21-9-13-5-3-2-4-6-13/h2-6,10,12,15,25H,7-9,11H2,1H3,(H,21,26)/t12-,15+/m1/s1. The molecule has 2 amide bonds. The van der Waals surface area contributed by atoms with E-state index in [1.54, 1.807) is 4.90 Å². The van der Waals surface area contributed by atoms with Crippen LogP contribution in [0.3, 0.4) is 0 Å². The maximum absolute atomic E-state index is 12.9. The van der Waals surface area contributed by atoms with E-state index in [4.69, 9.17) is 4.74 Å². The van der Waals surface area contributed by atoms with Gasteiger partial charge in [-0.15, -0.1) is 0 Å². The van der Waals surface area contributed by atoms with E-state index in [9.17, 15) is 19.5 Å². The highest BCUT2D eigenvalue weighted by Crippen LogP contribution is 2.29. The van der Waals surface area contributed by atoms with Gasteiger partial charge >= 0.3 is 0 Å². The topological polar surface area (TPSA) is 101 Å². The van der Waals surface area contributed by atoms with Gasteiger partial charge in [-0.05, 0) is 18.9 Å². The fourth-order valence-corrected chi connectivity index (χ4v) is 3.69. The van der Waals surface area contributed by atoms with Gasteiger partial charge < -0.3 is 24.6 Å². The Bertz CT molecular complexity index is 985. The van der Waals surface area contributed by atoms with Crippen LogP contribution in [0.15, 0.2) is 41.3 Å². The molecule has 146 valence electrons. The van der Waals surface area contributed by atoms with Crippen LogP contribution in [0.4, 0.5) is 0 Å². The van der Waals surface area contributed by atoms with E-state index in [2.05, 4.69) is 5.32 Å². The SMILES string of the molecule is C[C@@H]1CCO[C@H]2Cn3cc(C(=O)NCc4ccccc4)c(=O)c(O)c3C(=O)N12. The summed E-state index contributed by atoms with van der Waals surface area (Å²) in [5.41, 5.74) is -0.275. The number of aromatic hydroxyl groups is 1. The van der Waals surface area contributed by atoms with E-state index in [-0.39, 0.29) is 30.4 Å². The highest BCUT2D eigenvalue weighted by molar-refractivity contribution is 5.99. The minimum Gasteiger partial charge on any atom is -0.503 e. The molecule has 2 N–H and O–H groups in total. The fraction of sp³-hybridized carbons (Fsp3) is 0.350. The number of benzene rings is 1. The van der Waals surface area contributed by atoms with Gasteiger partial charge in [0, 0.05) is 18.8 Å². The van der Waals surface area contributed by atoms with Crippen molar-refractivity contribution < 1.29 is 19.4 Å². The lowest BCUT2D eigenvalue weighted by Crippen LogP contribution is -2.57. The first-order chi connectivity index (χ1) is 13.5. The van der Waals surface area contributed by atoms with Crippen molar-refractivity contribution in [3.05, 3.63) is 63.6 Å². The molecule has 0 bridgehead atoms. The van der Waals surface area contributed by atoms with E-state index < -0.39 is 29.2 Å². The number of hydrogen-bond acceptors (Lipinski definition) is 5. The first-order valence-corrected chi connectivity index (χ1v) is 9.20. The van der Waals surface area contributed by atoms with Crippen LogP contribution >= 0.6 is 0 Å². The van der Waals surface area contributed by atoms with Crippen molar-refractivity contribution in [1.82, 2.24) is 14.8 Å². The van der Waals surface area contributed by atoms with Crippen molar-refractivity contribution in [2.45, 2.75) is 38.7 Å². The van der Waals surface area contributed by atoms with Gasteiger partial charge in [-0.2, -0.15) is 0 Å². The second-order valence-electron chi connectivity index (χ2n) is 7.07. The summed E-state index contributed by atoms with van der Waals surface area (Å²) in [6, 6.07) is 9.22. The molecule has 2 atom stereocenters. The smallest absolute Gasteiger partial charge is 0.276 e. The van der Waals surface area contributed by atoms with Gasteiger partial charge in [0.25, 0.3) is 11.8 Å².